The Kier molecular flexibility index (Phi) is 7.25. The van der Waals surface area contributed by atoms with Crippen molar-refractivity contribution in [3.63, 3.8) is 0 Å². The van der Waals surface area contributed by atoms with Crippen LogP contribution in [0.25, 0.3) is 0 Å². The van der Waals surface area contributed by atoms with Crippen molar-refractivity contribution >= 4 is 12.1 Å². The molecular formula is C16H28O7. The molecule has 0 aliphatic rings. The molecule has 1 unspecified atom stereocenters. The molecule has 7 nitrogen and oxygen atoms in total. The molecule has 0 spiro atoms. The van der Waals surface area contributed by atoms with E-state index in [1.165, 1.54) is 13.8 Å². The van der Waals surface area contributed by atoms with E-state index in [0.29, 0.717) is 6.42 Å². The van der Waals surface area contributed by atoms with E-state index in [9.17, 15) is 9.59 Å². The number of ether oxygens (including phenoxy) is 2. The summed E-state index contributed by atoms with van der Waals surface area (Å²) in [6, 6.07) is 0. The zero-order valence-corrected chi connectivity index (χ0v) is 15.0. The van der Waals surface area contributed by atoms with Crippen molar-refractivity contribution in [3.05, 3.63) is 12.2 Å². The fraction of sp³-hybridized carbons (Fsp3) is 0.750. The summed E-state index contributed by atoms with van der Waals surface area (Å²) in [5, 5.41) is 8.78. The summed E-state index contributed by atoms with van der Waals surface area (Å²) in [6.45, 7) is 15.6. The molecule has 0 aromatic carbocycles. The number of carboxylic acid groups (broad SMARTS) is 1. The fourth-order valence-corrected chi connectivity index (χ4v) is 2.15. The predicted octanol–water partition coefficient (Wildman–Crippen LogP) is 3.68. The predicted molar refractivity (Wildman–Crippen MR) is 83.6 cm³/mol. The van der Waals surface area contributed by atoms with Gasteiger partial charge in [-0.2, -0.15) is 0 Å². The van der Waals surface area contributed by atoms with Gasteiger partial charge in [-0.1, -0.05) is 27.4 Å². The Morgan fingerprint density at radius 3 is 1.96 bits per heavy atom. The first-order valence-corrected chi connectivity index (χ1v) is 7.27. The second-order valence-electron chi connectivity index (χ2n) is 7.51. The molecule has 1 atom stereocenters. The minimum atomic E-state index is -1.83. The summed E-state index contributed by atoms with van der Waals surface area (Å²) in [7, 11) is 0. The van der Waals surface area contributed by atoms with Crippen molar-refractivity contribution in [1.82, 2.24) is 0 Å². The Labute approximate surface area is 137 Å². The minimum absolute atomic E-state index is 0.0140. The molecule has 0 bridgehead atoms. The van der Waals surface area contributed by atoms with Crippen LogP contribution >= 0.6 is 0 Å². The van der Waals surface area contributed by atoms with Crippen LogP contribution in [0.4, 0.5) is 4.79 Å². The third-order valence-electron chi connectivity index (χ3n) is 2.52. The highest BCUT2D eigenvalue weighted by Crippen LogP contribution is 2.30. The van der Waals surface area contributed by atoms with Crippen LogP contribution in [0.5, 0.6) is 0 Å². The molecular weight excluding hydrogens is 304 g/mol. The Bertz CT molecular complexity index is 448. The van der Waals surface area contributed by atoms with Gasteiger partial charge in [0.2, 0.25) is 0 Å². The van der Waals surface area contributed by atoms with E-state index in [4.69, 9.17) is 19.6 Å². The zero-order valence-electron chi connectivity index (χ0n) is 15.0. The van der Waals surface area contributed by atoms with Gasteiger partial charge in [-0.3, -0.25) is 0 Å². The van der Waals surface area contributed by atoms with Crippen molar-refractivity contribution < 1.29 is 33.9 Å². The highest BCUT2D eigenvalue weighted by atomic mass is 17.2. The Balaban J connectivity index is 4.76. The molecule has 0 aliphatic heterocycles. The van der Waals surface area contributed by atoms with Crippen molar-refractivity contribution in [3.8, 4) is 0 Å². The van der Waals surface area contributed by atoms with Gasteiger partial charge in [-0.25, -0.2) is 19.4 Å². The van der Waals surface area contributed by atoms with Crippen LogP contribution < -0.4 is 0 Å². The van der Waals surface area contributed by atoms with E-state index in [-0.39, 0.29) is 11.0 Å². The first kappa shape index (κ1) is 21.4. The van der Waals surface area contributed by atoms with Gasteiger partial charge < -0.3 is 14.6 Å². The summed E-state index contributed by atoms with van der Waals surface area (Å²) >= 11 is 0. The zero-order chi connectivity index (χ0) is 18.5. The van der Waals surface area contributed by atoms with Crippen LogP contribution in [-0.2, 0) is 24.0 Å². The Morgan fingerprint density at radius 2 is 1.57 bits per heavy atom. The first-order chi connectivity index (χ1) is 10.2. The normalized spacial score (nSPS) is 14.7. The smallest absolute Gasteiger partial charge is 0.450 e. The molecule has 7 heteroatoms. The van der Waals surface area contributed by atoms with E-state index in [1.54, 1.807) is 0 Å². The van der Waals surface area contributed by atoms with Gasteiger partial charge in [0.25, 0.3) is 5.79 Å². The molecule has 0 amide bonds. The molecule has 0 saturated carbocycles. The highest BCUT2D eigenvalue weighted by molar-refractivity contribution is 5.87. The average Bonchev–Trinajstić information content (AvgIpc) is 2.22. The van der Waals surface area contributed by atoms with E-state index in [0.717, 1.165) is 0 Å². The Morgan fingerprint density at radius 1 is 1.04 bits per heavy atom. The van der Waals surface area contributed by atoms with Crippen LogP contribution in [-0.4, -0.2) is 35.2 Å². The summed E-state index contributed by atoms with van der Waals surface area (Å²) in [5.74, 6) is -2.62. The van der Waals surface area contributed by atoms with Gasteiger partial charge in [0, 0.05) is 12.5 Å². The monoisotopic (exact) mass is 332 g/mol. The third-order valence-corrected chi connectivity index (χ3v) is 2.52. The number of carbonyl (C=O) groups excluding carboxylic acids is 1. The maximum absolute atomic E-state index is 11.6. The van der Waals surface area contributed by atoms with Crippen LogP contribution in [0.2, 0.25) is 0 Å². The topological polar surface area (TPSA) is 91.3 Å². The van der Waals surface area contributed by atoms with Gasteiger partial charge in [0.05, 0.1) is 5.60 Å². The van der Waals surface area contributed by atoms with Crippen LogP contribution in [0.3, 0.4) is 0 Å². The molecule has 0 aromatic rings. The van der Waals surface area contributed by atoms with Gasteiger partial charge in [-0.05, 0) is 32.6 Å². The van der Waals surface area contributed by atoms with Crippen molar-refractivity contribution in [2.45, 2.75) is 66.3 Å². The quantitative estimate of drug-likeness (QED) is 0.238. The number of hydrogen-bond donors (Lipinski definition) is 1. The Hall–Kier alpha value is -1.60. The number of hydrogen-bond acceptors (Lipinski definition) is 6. The summed E-state index contributed by atoms with van der Waals surface area (Å²) in [4.78, 5) is 32.8. The summed E-state index contributed by atoms with van der Waals surface area (Å²) in [5.41, 5.74) is -0.486. The molecule has 0 saturated heterocycles. The molecule has 0 rings (SSSR count). The van der Waals surface area contributed by atoms with Crippen LogP contribution in [0.1, 0.15) is 54.9 Å². The molecule has 0 radical (unpaired) electrons. The van der Waals surface area contributed by atoms with Gasteiger partial charge >= 0.3 is 12.1 Å². The van der Waals surface area contributed by atoms with E-state index in [2.05, 4.69) is 32.1 Å². The van der Waals surface area contributed by atoms with Crippen molar-refractivity contribution in [2.24, 2.45) is 5.41 Å². The van der Waals surface area contributed by atoms with Gasteiger partial charge in [-0.15, -0.1) is 0 Å². The lowest BCUT2D eigenvalue weighted by Gasteiger charge is -2.32. The molecule has 134 valence electrons. The van der Waals surface area contributed by atoms with E-state index in [1.807, 2.05) is 13.8 Å². The molecule has 0 aliphatic carbocycles. The number of rotatable bonds is 8. The SMILES string of the molecule is C=C(C)C(=O)OC(C)(COOC(C)(C)CC(C)(C)C)OC(=O)O. The summed E-state index contributed by atoms with van der Waals surface area (Å²) < 4.78 is 9.58. The second-order valence-corrected chi connectivity index (χ2v) is 7.51. The number of esters is 1. The second kappa shape index (κ2) is 7.79. The molecule has 0 aromatic heterocycles. The number of carbonyl (C=O) groups is 2. The first-order valence-electron chi connectivity index (χ1n) is 7.27. The lowest BCUT2D eigenvalue weighted by Crippen LogP contribution is -2.42. The van der Waals surface area contributed by atoms with Crippen molar-refractivity contribution in [2.75, 3.05) is 6.61 Å². The minimum Gasteiger partial charge on any atom is -0.450 e. The lowest BCUT2D eigenvalue weighted by atomic mass is 9.84. The highest BCUT2D eigenvalue weighted by Gasteiger charge is 2.36. The molecule has 23 heavy (non-hydrogen) atoms. The molecule has 0 fully saturated rings. The third kappa shape index (κ3) is 9.91. The van der Waals surface area contributed by atoms with Gasteiger partial charge in [0.15, 0.2) is 6.61 Å². The maximum atomic E-state index is 11.6. The molecule has 0 heterocycles. The fourth-order valence-electron chi connectivity index (χ4n) is 2.15. The van der Waals surface area contributed by atoms with Crippen LogP contribution in [0.15, 0.2) is 12.2 Å². The van der Waals surface area contributed by atoms with E-state index >= 15 is 0 Å². The maximum Gasteiger partial charge on any atom is 0.509 e. The van der Waals surface area contributed by atoms with Gasteiger partial charge in [0.1, 0.15) is 0 Å². The average molecular weight is 332 g/mol. The standard InChI is InChI=1S/C16H28O7/c1-11(2)12(17)21-16(8,22-13(18)19)10-20-23-15(6,7)9-14(3,4)5/h1,9-10H2,2-8H3,(H,18,19). The molecule has 1 N–H and O–H groups in total. The van der Waals surface area contributed by atoms with E-state index < -0.39 is 30.1 Å². The largest absolute Gasteiger partial charge is 0.509 e. The van der Waals surface area contributed by atoms with Crippen molar-refractivity contribution in [1.29, 1.82) is 0 Å². The summed E-state index contributed by atoms with van der Waals surface area (Å²) in [6.07, 6.45) is -0.901. The lowest BCUT2D eigenvalue weighted by molar-refractivity contribution is -0.386. The van der Waals surface area contributed by atoms with Crippen LogP contribution in [0, 0.1) is 5.41 Å².